The third-order valence-electron chi connectivity index (χ3n) is 2.76. The standard InChI is InChI=1S/C13H17FN2/c1-9(2)16-11(8-15-3)7-10-5-4-6-12(14)13(10)16/h4-7,9,15H,8H2,1-3H3. The third-order valence-corrected chi connectivity index (χ3v) is 2.76. The lowest BCUT2D eigenvalue weighted by molar-refractivity contribution is 0.562. The predicted molar refractivity (Wildman–Crippen MR) is 65.0 cm³/mol. The van der Waals surface area contributed by atoms with Crippen LogP contribution in [0.2, 0.25) is 0 Å². The number of nitrogens with one attached hydrogen (secondary N) is 1. The number of benzene rings is 1. The molecule has 0 aliphatic heterocycles. The lowest BCUT2D eigenvalue weighted by atomic mass is 10.2. The Morgan fingerprint density at radius 2 is 2.12 bits per heavy atom. The zero-order valence-corrected chi connectivity index (χ0v) is 9.92. The maximum Gasteiger partial charge on any atom is 0.147 e. The average molecular weight is 220 g/mol. The van der Waals surface area contributed by atoms with Crippen molar-refractivity contribution in [3.63, 3.8) is 0 Å². The van der Waals surface area contributed by atoms with E-state index in [1.165, 1.54) is 6.07 Å². The molecule has 0 aliphatic rings. The van der Waals surface area contributed by atoms with E-state index in [-0.39, 0.29) is 11.9 Å². The van der Waals surface area contributed by atoms with Gasteiger partial charge in [0.1, 0.15) is 5.82 Å². The highest BCUT2D eigenvalue weighted by Crippen LogP contribution is 2.26. The minimum atomic E-state index is -0.145. The van der Waals surface area contributed by atoms with Gasteiger partial charge in [0.25, 0.3) is 0 Å². The van der Waals surface area contributed by atoms with Gasteiger partial charge in [-0.05, 0) is 33.0 Å². The fraction of sp³-hybridized carbons (Fsp3) is 0.385. The molecule has 2 rings (SSSR count). The van der Waals surface area contributed by atoms with Crippen LogP contribution in [0.1, 0.15) is 25.6 Å². The molecule has 1 aromatic carbocycles. The van der Waals surface area contributed by atoms with Gasteiger partial charge in [-0.2, -0.15) is 0 Å². The summed E-state index contributed by atoms with van der Waals surface area (Å²) in [4.78, 5) is 0. The molecule has 86 valence electrons. The molecular weight excluding hydrogens is 203 g/mol. The highest BCUT2D eigenvalue weighted by atomic mass is 19.1. The van der Waals surface area contributed by atoms with Crippen LogP contribution in [0.5, 0.6) is 0 Å². The summed E-state index contributed by atoms with van der Waals surface area (Å²) in [5, 5.41) is 4.09. The van der Waals surface area contributed by atoms with Crippen LogP contribution in [0.25, 0.3) is 10.9 Å². The molecular formula is C13H17FN2. The van der Waals surface area contributed by atoms with Crippen molar-refractivity contribution < 1.29 is 4.39 Å². The molecule has 0 bridgehead atoms. The van der Waals surface area contributed by atoms with E-state index in [1.54, 1.807) is 6.07 Å². The summed E-state index contributed by atoms with van der Waals surface area (Å²) in [7, 11) is 1.90. The second-order valence-corrected chi connectivity index (χ2v) is 4.31. The summed E-state index contributed by atoms with van der Waals surface area (Å²) in [6.07, 6.45) is 0. The highest BCUT2D eigenvalue weighted by molar-refractivity contribution is 5.82. The Bertz CT molecular complexity index is 500. The minimum Gasteiger partial charge on any atom is -0.338 e. The number of hydrogen-bond acceptors (Lipinski definition) is 1. The smallest absolute Gasteiger partial charge is 0.147 e. The van der Waals surface area contributed by atoms with Gasteiger partial charge < -0.3 is 9.88 Å². The molecule has 1 N–H and O–H groups in total. The topological polar surface area (TPSA) is 17.0 Å². The van der Waals surface area contributed by atoms with E-state index >= 15 is 0 Å². The maximum atomic E-state index is 13.8. The van der Waals surface area contributed by atoms with E-state index in [4.69, 9.17) is 0 Å². The lowest BCUT2D eigenvalue weighted by Gasteiger charge is -2.14. The van der Waals surface area contributed by atoms with Crippen LogP contribution in [-0.2, 0) is 6.54 Å². The first-order valence-corrected chi connectivity index (χ1v) is 5.58. The van der Waals surface area contributed by atoms with Gasteiger partial charge in [-0.15, -0.1) is 0 Å². The summed E-state index contributed by atoms with van der Waals surface area (Å²) in [5.74, 6) is -0.145. The van der Waals surface area contributed by atoms with Crippen LogP contribution in [0.4, 0.5) is 4.39 Å². The van der Waals surface area contributed by atoms with E-state index in [1.807, 2.05) is 13.1 Å². The van der Waals surface area contributed by atoms with Crippen molar-refractivity contribution in [2.75, 3.05) is 7.05 Å². The van der Waals surface area contributed by atoms with Gasteiger partial charge in [-0.1, -0.05) is 12.1 Å². The summed E-state index contributed by atoms with van der Waals surface area (Å²) < 4.78 is 15.9. The molecule has 0 spiro atoms. The van der Waals surface area contributed by atoms with Crippen molar-refractivity contribution in [3.8, 4) is 0 Å². The summed E-state index contributed by atoms with van der Waals surface area (Å²) in [6.45, 7) is 4.91. The van der Waals surface area contributed by atoms with E-state index in [9.17, 15) is 4.39 Å². The first-order valence-electron chi connectivity index (χ1n) is 5.58. The van der Waals surface area contributed by atoms with E-state index in [0.29, 0.717) is 5.52 Å². The Kier molecular flexibility index (Phi) is 2.97. The van der Waals surface area contributed by atoms with Gasteiger partial charge in [0.05, 0.1) is 5.52 Å². The molecule has 1 aromatic heterocycles. The van der Waals surface area contributed by atoms with E-state index in [2.05, 4.69) is 29.8 Å². The maximum absolute atomic E-state index is 13.8. The highest BCUT2D eigenvalue weighted by Gasteiger charge is 2.13. The lowest BCUT2D eigenvalue weighted by Crippen LogP contribution is -2.13. The van der Waals surface area contributed by atoms with Crippen LogP contribution in [0.15, 0.2) is 24.3 Å². The Labute approximate surface area is 95.1 Å². The number of nitrogens with zero attached hydrogens (tertiary/aromatic N) is 1. The summed E-state index contributed by atoms with van der Waals surface area (Å²) >= 11 is 0. The van der Waals surface area contributed by atoms with Gasteiger partial charge >= 0.3 is 0 Å². The minimum absolute atomic E-state index is 0.145. The number of rotatable bonds is 3. The molecule has 16 heavy (non-hydrogen) atoms. The molecule has 0 radical (unpaired) electrons. The number of halogens is 1. The van der Waals surface area contributed by atoms with Crippen LogP contribution in [0, 0.1) is 5.82 Å². The quantitative estimate of drug-likeness (QED) is 0.841. The third kappa shape index (κ3) is 1.71. The molecule has 0 aliphatic carbocycles. The van der Waals surface area contributed by atoms with Gasteiger partial charge in [0.2, 0.25) is 0 Å². The first-order chi connectivity index (χ1) is 7.65. The van der Waals surface area contributed by atoms with Gasteiger partial charge in [0, 0.05) is 23.7 Å². The first kappa shape index (κ1) is 11.1. The molecule has 2 aromatic rings. The summed E-state index contributed by atoms with van der Waals surface area (Å²) in [6, 6.07) is 7.54. The normalized spacial score (nSPS) is 11.6. The zero-order chi connectivity index (χ0) is 11.7. The molecule has 0 saturated heterocycles. The molecule has 2 nitrogen and oxygen atoms in total. The van der Waals surface area contributed by atoms with Gasteiger partial charge in [-0.25, -0.2) is 4.39 Å². The second kappa shape index (κ2) is 4.26. The predicted octanol–water partition coefficient (Wildman–Crippen LogP) is 3.08. The van der Waals surface area contributed by atoms with Crippen LogP contribution in [-0.4, -0.2) is 11.6 Å². The molecule has 0 saturated carbocycles. The van der Waals surface area contributed by atoms with Crippen LogP contribution in [0.3, 0.4) is 0 Å². The summed E-state index contributed by atoms with van der Waals surface area (Å²) in [5.41, 5.74) is 1.83. The molecule has 0 fully saturated rings. The van der Waals surface area contributed by atoms with E-state index < -0.39 is 0 Å². The average Bonchev–Trinajstić information content (AvgIpc) is 2.58. The Morgan fingerprint density at radius 3 is 2.75 bits per heavy atom. The van der Waals surface area contributed by atoms with Crippen LogP contribution < -0.4 is 5.32 Å². The Balaban J connectivity index is 2.72. The van der Waals surface area contributed by atoms with Crippen molar-refractivity contribution in [3.05, 3.63) is 35.8 Å². The van der Waals surface area contributed by atoms with Crippen molar-refractivity contribution in [1.82, 2.24) is 9.88 Å². The van der Waals surface area contributed by atoms with Crippen molar-refractivity contribution in [2.45, 2.75) is 26.4 Å². The molecule has 0 unspecified atom stereocenters. The zero-order valence-electron chi connectivity index (χ0n) is 9.92. The van der Waals surface area contributed by atoms with E-state index in [0.717, 1.165) is 17.6 Å². The van der Waals surface area contributed by atoms with Crippen molar-refractivity contribution in [1.29, 1.82) is 0 Å². The number of fused-ring (bicyclic) bond motifs is 1. The number of para-hydroxylation sites is 1. The Hall–Kier alpha value is -1.35. The second-order valence-electron chi connectivity index (χ2n) is 4.31. The Morgan fingerprint density at radius 1 is 1.38 bits per heavy atom. The SMILES string of the molecule is CNCc1cc2cccc(F)c2n1C(C)C. The molecule has 0 atom stereocenters. The van der Waals surface area contributed by atoms with Gasteiger partial charge in [-0.3, -0.25) is 0 Å². The van der Waals surface area contributed by atoms with Gasteiger partial charge in [0.15, 0.2) is 0 Å². The van der Waals surface area contributed by atoms with Crippen molar-refractivity contribution in [2.24, 2.45) is 0 Å². The number of aromatic nitrogens is 1. The number of hydrogen-bond donors (Lipinski definition) is 1. The molecule has 3 heteroatoms. The fourth-order valence-corrected chi connectivity index (χ4v) is 2.20. The largest absolute Gasteiger partial charge is 0.338 e. The fourth-order valence-electron chi connectivity index (χ4n) is 2.20. The van der Waals surface area contributed by atoms with Crippen molar-refractivity contribution >= 4 is 10.9 Å². The molecule has 0 amide bonds. The molecule has 1 heterocycles. The van der Waals surface area contributed by atoms with Crippen LogP contribution >= 0.6 is 0 Å². The monoisotopic (exact) mass is 220 g/mol.